The van der Waals surface area contributed by atoms with Gasteiger partial charge in [-0.3, -0.25) is 9.59 Å². The summed E-state index contributed by atoms with van der Waals surface area (Å²) in [5.41, 5.74) is 0.765. The van der Waals surface area contributed by atoms with Crippen molar-refractivity contribution in [3.05, 3.63) is 44.8 Å². The Kier molecular flexibility index (Phi) is 3.50. The van der Waals surface area contributed by atoms with Crippen molar-refractivity contribution in [3.63, 3.8) is 0 Å². The van der Waals surface area contributed by atoms with Gasteiger partial charge in [-0.25, -0.2) is 0 Å². The molecule has 1 saturated carbocycles. The average molecular weight is 332 g/mol. The summed E-state index contributed by atoms with van der Waals surface area (Å²) < 4.78 is 0. The first-order valence-electron chi connectivity index (χ1n) is 7.40. The van der Waals surface area contributed by atoms with Crippen molar-refractivity contribution in [1.29, 1.82) is 0 Å². The minimum Gasteiger partial charge on any atom is -0.347 e. The van der Waals surface area contributed by atoms with E-state index >= 15 is 0 Å². The average Bonchev–Trinajstić information content (AvgIpc) is 3.28. The van der Waals surface area contributed by atoms with Crippen LogP contribution in [0.3, 0.4) is 0 Å². The highest BCUT2D eigenvalue weighted by molar-refractivity contribution is 7.12. The summed E-state index contributed by atoms with van der Waals surface area (Å²) in [6, 6.07) is 5.81. The van der Waals surface area contributed by atoms with Crippen LogP contribution < -0.4 is 5.32 Å². The van der Waals surface area contributed by atoms with Gasteiger partial charge in [-0.05, 0) is 41.7 Å². The van der Waals surface area contributed by atoms with E-state index in [4.69, 9.17) is 0 Å². The maximum atomic E-state index is 12.6. The number of amides is 2. The monoisotopic (exact) mass is 332 g/mol. The predicted molar refractivity (Wildman–Crippen MR) is 87.4 cm³/mol. The second-order valence-corrected chi connectivity index (χ2v) is 7.66. The highest BCUT2D eigenvalue weighted by atomic mass is 32.1. The third-order valence-corrected chi connectivity index (χ3v) is 6.12. The quantitative estimate of drug-likeness (QED) is 0.939. The lowest BCUT2D eigenvalue weighted by Crippen LogP contribution is -2.51. The van der Waals surface area contributed by atoms with E-state index in [1.807, 2.05) is 39.2 Å². The maximum absolute atomic E-state index is 12.6. The van der Waals surface area contributed by atoms with Gasteiger partial charge in [-0.1, -0.05) is 6.07 Å². The number of nitrogens with zero attached hydrogens (tertiary/aromatic N) is 1. The fraction of sp³-hybridized carbons (Fsp3) is 0.375. The molecule has 3 heterocycles. The van der Waals surface area contributed by atoms with Gasteiger partial charge in [0.2, 0.25) is 0 Å². The zero-order valence-corrected chi connectivity index (χ0v) is 13.5. The number of carbonyl (C=O) groups is 2. The van der Waals surface area contributed by atoms with Crippen LogP contribution in [0.25, 0.3) is 0 Å². The van der Waals surface area contributed by atoms with E-state index in [1.54, 1.807) is 11.3 Å². The molecule has 1 saturated heterocycles. The highest BCUT2D eigenvalue weighted by Crippen LogP contribution is 2.38. The van der Waals surface area contributed by atoms with Gasteiger partial charge in [0.05, 0.1) is 16.5 Å². The minimum absolute atomic E-state index is 0.0181. The standard InChI is InChI=1S/C16H16N2O2S2/c19-15(14-2-1-4-22-14)17-12-6-10-7-13(12)18(8-10)16(20)11-3-5-21-9-11/h1-5,9-10,12-13H,6-8H2,(H,17,19)/t10-,12+,13-/m1/s1. The van der Waals surface area contributed by atoms with Crippen molar-refractivity contribution >= 4 is 34.5 Å². The number of hydrogen-bond acceptors (Lipinski definition) is 4. The van der Waals surface area contributed by atoms with E-state index in [2.05, 4.69) is 5.32 Å². The molecule has 114 valence electrons. The lowest BCUT2D eigenvalue weighted by atomic mass is 10.0. The van der Waals surface area contributed by atoms with Crippen LogP contribution in [0.1, 0.15) is 32.9 Å². The molecule has 4 nitrogen and oxygen atoms in total. The summed E-state index contributed by atoms with van der Waals surface area (Å²) in [6.45, 7) is 0.824. The Morgan fingerprint density at radius 1 is 1.23 bits per heavy atom. The number of thiophene rings is 2. The van der Waals surface area contributed by atoms with Crippen LogP contribution >= 0.6 is 22.7 Å². The summed E-state index contributed by atoms with van der Waals surface area (Å²) in [5, 5.41) is 8.85. The van der Waals surface area contributed by atoms with E-state index in [0.717, 1.165) is 29.8 Å². The molecule has 0 aromatic carbocycles. The molecule has 3 atom stereocenters. The largest absolute Gasteiger partial charge is 0.347 e. The van der Waals surface area contributed by atoms with E-state index in [9.17, 15) is 9.59 Å². The Bertz CT molecular complexity index is 679. The first-order valence-corrected chi connectivity index (χ1v) is 9.22. The number of carbonyl (C=O) groups excluding carboxylic acids is 2. The molecule has 2 bridgehead atoms. The van der Waals surface area contributed by atoms with Crippen LogP contribution in [0.15, 0.2) is 34.3 Å². The molecule has 2 fully saturated rings. The molecule has 0 unspecified atom stereocenters. The van der Waals surface area contributed by atoms with Crippen molar-refractivity contribution in [3.8, 4) is 0 Å². The molecule has 2 aliphatic rings. The minimum atomic E-state index is -0.0181. The number of piperidine rings is 1. The Hall–Kier alpha value is -1.66. The van der Waals surface area contributed by atoms with Crippen molar-refractivity contribution in [2.24, 2.45) is 5.92 Å². The van der Waals surface area contributed by atoms with E-state index in [0.29, 0.717) is 5.92 Å². The van der Waals surface area contributed by atoms with Crippen molar-refractivity contribution in [1.82, 2.24) is 10.2 Å². The zero-order valence-electron chi connectivity index (χ0n) is 11.9. The number of rotatable bonds is 3. The molecule has 1 N–H and O–H groups in total. The fourth-order valence-corrected chi connectivity index (χ4v) is 4.87. The van der Waals surface area contributed by atoms with Crippen LogP contribution in [0.5, 0.6) is 0 Å². The normalized spacial score (nSPS) is 26.4. The van der Waals surface area contributed by atoms with Crippen LogP contribution in [0.2, 0.25) is 0 Å². The van der Waals surface area contributed by atoms with Crippen molar-refractivity contribution in [2.75, 3.05) is 6.54 Å². The molecule has 1 aliphatic carbocycles. The topological polar surface area (TPSA) is 49.4 Å². The molecule has 4 rings (SSSR count). The molecule has 2 amide bonds. The highest BCUT2D eigenvalue weighted by Gasteiger charge is 2.47. The molecule has 2 aromatic rings. The Balaban J connectivity index is 1.47. The molecule has 2 aromatic heterocycles. The van der Waals surface area contributed by atoms with Crippen molar-refractivity contribution < 1.29 is 9.59 Å². The summed E-state index contributed by atoms with van der Waals surface area (Å²) in [6.07, 6.45) is 1.99. The van der Waals surface area contributed by atoms with Gasteiger partial charge in [0.25, 0.3) is 11.8 Å². The first-order chi connectivity index (χ1) is 10.7. The van der Waals surface area contributed by atoms with Crippen LogP contribution in [0, 0.1) is 5.92 Å². The lowest BCUT2D eigenvalue weighted by Gasteiger charge is -2.33. The van der Waals surface area contributed by atoms with E-state index in [-0.39, 0.29) is 23.9 Å². The molecule has 22 heavy (non-hydrogen) atoms. The Labute approximate surface area is 136 Å². The Morgan fingerprint density at radius 3 is 2.82 bits per heavy atom. The molecular weight excluding hydrogens is 316 g/mol. The number of likely N-dealkylation sites (tertiary alicyclic amines) is 1. The van der Waals surface area contributed by atoms with Crippen LogP contribution in [0.4, 0.5) is 0 Å². The van der Waals surface area contributed by atoms with Crippen LogP contribution in [-0.2, 0) is 0 Å². The lowest BCUT2D eigenvalue weighted by molar-refractivity contribution is 0.0649. The van der Waals surface area contributed by atoms with Gasteiger partial charge in [-0.2, -0.15) is 11.3 Å². The van der Waals surface area contributed by atoms with Crippen LogP contribution in [-0.4, -0.2) is 35.3 Å². The fourth-order valence-electron chi connectivity index (χ4n) is 3.61. The number of hydrogen-bond donors (Lipinski definition) is 1. The second-order valence-electron chi connectivity index (χ2n) is 5.93. The zero-order chi connectivity index (χ0) is 15.1. The molecule has 0 spiro atoms. The van der Waals surface area contributed by atoms with Gasteiger partial charge in [0.1, 0.15) is 0 Å². The summed E-state index contributed by atoms with van der Waals surface area (Å²) in [4.78, 5) is 27.5. The Morgan fingerprint density at radius 2 is 2.14 bits per heavy atom. The van der Waals surface area contributed by atoms with E-state index < -0.39 is 0 Å². The third-order valence-electron chi connectivity index (χ3n) is 4.57. The summed E-state index contributed by atoms with van der Waals surface area (Å²) in [5.74, 6) is 0.598. The molecular formula is C16H16N2O2S2. The smallest absolute Gasteiger partial charge is 0.261 e. The van der Waals surface area contributed by atoms with E-state index in [1.165, 1.54) is 11.3 Å². The molecule has 6 heteroatoms. The molecule has 1 aliphatic heterocycles. The van der Waals surface area contributed by atoms with Gasteiger partial charge >= 0.3 is 0 Å². The number of fused-ring (bicyclic) bond motifs is 2. The van der Waals surface area contributed by atoms with Gasteiger partial charge in [0.15, 0.2) is 0 Å². The van der Waals surface area contributed by atoms with Gasteiger partial charge in [-0.15, -0.1) is 11.3 Å². The first kappa shape index (κ1) is 14.0. The van der Waals surface area contributed by atoms with Gasteiger partial charge in [0, 0.05) is 18.0 Å². The summed E-state index contributed by atoms with van der Waals surface area (Å²) >= 11 is 2.99. The van der Waals surface area contributed by atoms with Gasteiger partial charge < -0.3 is 10.2 Å². The predicted octanol–water partition coefficient (Wildman–Crippen LogP) is 2.84. The van der Waals surface area contributed by atoms with Crippen molar-refractivity contribution in [2.45, 2.75) is 24.9 Å². The third kappa shape index (κ3) is 2.36. The SMILES string of the molecule is O=C(N[C@H]1C[C@@H]2C[C@H]1N(C(=O)c1ccsc1)C2)c1cccs1. The summed E-state index contributed by atoms with van der Waals surface area (Å²) in [7, 11) is 0. The number of nitrogens with one attached hydrogen (secondary N) is 1. The second kappa shape index (κ2) is 5.52. The maximum Gasteiger partial charge on any atom is 0.261 e. The molecule has 0 radical (unpaired) electrons.